The van der Waals surface area contributed by atoms with Crippen molar-refractivity contribution in [2.24, 2.45) is 0 Å². The van der Waals surface area contributed by atoms with Gasteiger partial charge in [0.2, 0.25) is 5.91 Å². The fourth-order valence-electron chi connectivity index (χ4n) is 2.71. The van der Waals surface area contributed by atoms with E-state index < -0.39 is 5.97 Å². The van der Waals surface area contributed by atoms with Crippen molar-refractivity contribution in [1.82, 2.24) is 4.90 Å². The molecule has 1 amide bonds. The lowest BCUT2D eigenvalue weighted by molar-refractivity contribution is -0.140. The molecule has 0 atom stereocenters. The quantitative estimate of drug-likeness (QED) is 0.632. The second kappa shape index (κ2) is 7.25. The van der Waals surface area contributed by atoms with Gasteiger partial charge in [0.25, 0.3) is 0 Å². The van der Waals surface area contributed by atoms with E-state index in [2.05, 4.69) is 0 Å². The van der Waals surface area contributed by atoms with Gasteiger partial charge in [0.15, 0.2) is 0 Å². The maximum atomic E-state index is 11.7. The van der Waals surface area contributed by atoms with E-state index in [-0.39, 0.29) is 12.5 Å². The first kappa shape index (κ1) is 15.5. The summed E-state index contributed by atoms with van der Waals surface area (Å²) in [4.78, 5) is 24.1. The predicted molar refractivity (Wildman–Crippen MR) is 81.2 cm³/mol. The van der Waals surface area contributed by atoms with Crippen molar-refractivity contribution < 1.29 is 14.3 Å². The van der Waals surface area contributed by atoms with Crippen molar-refractivity contribution in [3.05, 3.63) is 29.8 Å². The fraction of sp³-hybridized carbons (Fsp3) is 0.529. The van der Waals surface area contributed by atoms with Crippen molar-refractivity contribution in [2.75, 3.05) is 13.6 Å². The summed E-state index contributed by atoms with van der Waals surface area (Å²) in [5.74, 6) is 0.613. The summed E-state index contributed by atoms with van der Waals surface area (Å²) in [5, 5.41) is 0. The Balaban J connectivity index is 1.89. The van der Waals surface area contributed by atoms with Gasteiger partial charge in [-0.05, 0) is 36.5 Å². The third-order valence-electron chi connectivity index (χ3n) is 4.09. The van der Waals surface area contributed by atoms with Crippen LogP contribution in [0.4, 0.5) is 0 Å². The lowest BCUT2D eigenvalue weighted by atomic mass is 9.84. The van der Waals surface area contributed by atoms with Gasteiger partial charge < -0.3 is 9.64 Å². The Kier molecular flexibility index (Phi) is 5.37. The Hall–Kier alpha value is -1.84. The highest BCUT2D eigenvalue weighted by molar-refractivity contribution is 5.81. The molecule has 4 heteroatoms. The molecule has 21 heavy (non-hydrogen) atoms. The second-order valence-electron chi connectivity index (χ2n) is 5.75. The first-order chi connectivity index (χ1) is 10.1. The summed E-state index contributed by atoms with van der Waals surface area (Å²) >= 11 is 0. The van der Waals surface area contributed by atoms with Gasteiger partial charge in [-0.1, -0.05) is 31.4 Å². The molecule has 2 rings (SSSR count). The van der Waals surface area contributed by atoms with Gasteiger partial charge in [-0.25, -0.2) is 4.79 Å². The average molecular weight is 289 g/mol. The highest BCUT2D eigenvalue weighted by atomic mass is 16.5. The minimum Gasteiger partial charge on any atom is -0.425 e. The predicted octanol–water partition coefficient (Wildman–Crippen LogP) is 3.12. The Morgan fingerprint density at radius 3 is 2.33 bits per heavy atom. The maximum Gasteiger partial charge on any atom is 0.331 e. The van der Waals surface area contributed by atoms with Crippen LogP contribution in [0.5, 0.6) is 5.75 Å². The molecule has 1 saturated carbocycles. The zero-order chi connectivity index (χ0) is 15.2. The number of rotatable bonds is 4. The molecule has 1 aliphatic rings. The van der Waals surface area contributed by atoms with Crippen LogP contribution in [0.1, 0.15) is 50.5 Å². The zero-order valence-corrected chi connectivity index (χ0v) is 12.8. The average Bonchev–Trinajstić information content (AvgIpc) is 2.48. The normalized spacial score (nSPS) is 15.5. The summed E-state index contributed by atoms with van der Waals surface area (Å²) in [5.41, 5.74) is 1.33. The van der Waals surface area contributed by atoms with Gasteiger partial charge in [0.05, 0.1) is 0 Å². The Labute approximate surface area is 126 Å². The molecule has 1 fully saturated rings. The third-order valence-corrected chi connectivity index (χ3v) is 4.09. The van der Waals surface area contributed by atoms with Crippen LogP contribution in [-0.2, 0) is 9.59 Å². The van der Waals surface area contributed by atoms with Gasteiger partial charge >= 0.3 is 5.97 Å². The molecule has 114 valence electrons. The maximum absolute atomic E-state index is 11.7. The molecule has 0 heterocycles. The molecule has 1 aromatic carbocycles. The Morgan fingerprint density at radius 1 is 1.14 bits per heavy atom. The number of likely N-dealkylation sites (N-methyl/N-ethyl adjacent to an activating group) is 1. The lowest BCUT2D eigenvalue weighted by Gasteiger charge is -2.22. The first-order valence-corrected chi connectivity index (χ1v) is 7.58. The van der Waals surface area contributed by atoms with E-state index in [1.165, 1.54) is 49.5 Å². The Morgan fingerprint density at radius 2 is 1.76 bits per heavy atom. The van der Waals surface area contributed by atoms with Crippen LogP contribution in [-0.4, -0.2) is 30.4 Å². The van der Waals surface area contributed by atoms with E-state index >= 15 is 0 Å². The number of hydrogen-bond acceptors (Lipinski definition) is 3. The van der Waals surface area contributed by atoms with Crippen LogP contribution in [0.15, 0.2) is 24.3 Å². The number of carbonyl (C=O) groups excluding carboxylic acids is 2. The van der Waals surface area contributed by atoms with Crippen LogP contribution in [0, 0.1) is 0 Å². The minimum absolute atomic E-state index is 0.0281. The summed E-state index contributed by atoms with van der Waals surface area (Å²) in [6, 6.07) is 7.78. The molecule has 0 N–H and O–H groups in total. The van der Waals surface area contributed by atoms with Crippen LogP contribution in [0.2, 0.25) is 0 Å². The second-order valence-corrected chi connectivity index (χ2v) is 5.75. The molecule has 0 aromatic heterocycles. The van der Waals surface area contributed by atoms with Gasteiger partial charge in [-0.15, -0.1) is 0 Å². The summed E-state index contributed by atoms with van der Waals surface area (Å²) in [6.07, 6.45) is 6.46. The minimum atomic E-state index is -0.418. The number of nitrogens with zero attached hydrogens (tertiary/aromatic N) is 1. The van der Waals surface area contributed by atoms with Gasteiger partial charge in [-0.3, -0.25) is 4.79 Å². The molecular formula is C17H23NO3. The summed E-state index contributed by atoms with van der Waals surface area (Å²) in [6.45, 7) is 1.39. The topological polar surface area (TPSA) is 46.6 Å². The van der Waals surface area contributed by atoms with E-state index in [4.69, 9.17) is 4.74 Å². The van der Waals surface area contributed by atoms with Crippen molar-refractivity contribution in [1.29, 1.82) is 0 Å². The molecule has 0 saturated heterocycles. The van der Waals surface area contributed by atoms with E-state index in [9.17, 15) is 9.59 Å². The van der Waals surface area contributed by atoms with Crippen molar-refractivity contribution in [3.8, 4) is 5.75 Å². The molecule has 0 radical (unpaired) electrons. The highest BCUT2D eigenvalue weighted by Crippen LogP contribution is 2.33. The van der Waals surface area contributed by atoms with Crippen molar-refractivity contribution in [3.63, 3.8) is 0 Å². The van der Waals surface area contributed by atoms with Crippen molar-refractivity contribution >= 4 is 11.9 Å². The molecular weight excluding hydrogens is 266 g/mol. The SMILES string of the molecule is CC(=O)N(C)CC(=O)Oc1ccc(C2CCCCC2)cc1. The first-order valence-electron chi connectivity index (χ1n) is 7.58. The van der Waals surface area contributed by atoms with E-state index in [1.54, 1.807) is 7.05 Å². The largest absolute Gasteiger partial charge is 0.425 e. The van der Waals surface area contributed by atoms with Gasteiger partial charge in [0, 0.05) is 14.0 Å². The molecule has 1 aromatic rings. The van der Waals surface area contributed by atoms with E-state index in [0.29, 0.717) is 11.7 Å². The monoisotopic (exact) mass is 289 g/mol. The highest BCUT2D eigenvalue weighted by Gasteiger charge is 2.16. The summed E-state index contributed by atoms with van der Waals surface area (Å²) < 4.78 is 5.24. The van der Waals surface area contributed by atoms with E-state index in [1.807, 2.05) is 24.3 Å². The zero-order valence-electron chi connectivity index (χ0n) is 12.8. The fourth-order valence-corrected chi connectivity index (χ4v) is 2.71. The molecule has 4 nitrogen and oxygen atoms in total. The van der Waals surface area contributed by atoms with Crippen LogP contribution in [0.3, 0.4) is 0 Å². The molecule has 1 aliphatic carbocycles. The van der Waals surface area contributed by atoms with Gasteiger partial charge in [-0.2, -0.15) is 0 Å². The van der Waals surface area contributed by atoms with Crippen LogP contribution in [0.25, 0.3) is 0 Å². The van der Waals surface area contributed by atoms with Crippen LogP contribution < -0.4 is 4.74 Å². The van der Waals surface area contributed by atoms with Crippen LogP contribution >= 0.6 is 0 Å². The number of hydrogen-bond donors (Lipinski definition) is 0. The van der Waals surface area contributed by atoms with E-state index in [0.717, 1.165) is 0 Å². The Bertz CT molecular complexity index is 489. The number of amides is 1. The number of benzene rings is 1. The third kappa shape index (κ3) is 4.59. The molecule has 0 unspecified atom stereocenters. The lowest BCUT2D eigenvalue weighted by Crippen LogP contribution is -2.32. The number of ether oxygens (including phenoxy) is 1. The molecule has 0 bridgehead atoms. The number of esters is 1. The smallest absolute Gasteiger partial charge is 0.331 e. The molecule has 0 spiro atoms. The standard InChI is InChI=1S/C17H23NO3/c1-13(19)18(2)12-17(20)21-16-10-8-15(9-11-16)14-6-4-3-5-7-14/h8-11,14H,3-7,12H2,1-2H3. The summed E-state index contributed by atoms with van der Waals surface area (Å²) in [7, 11) is 1.58. The molecule has 0 aliphatic heterocycles. The van der Waals surface area contributed by atoms with Gasteiger partial charge in [0.1, 0.15) is 12.3 Å². The number of carbonyl (C=O) groups is 2. The van der Waals surface area contributed by atoms with Crippen molar-refractivity contribution in [2.45, 2.75) is 44.9 Å².